The summed E-state index contributed by atoms with van der Waals surface area (Å²) in [6.45, 7) is 0. The molecule has 16 heavy (non-hydrogen) atoms. The minimum atomic E-state index is -0.440. The van der Waals surface area contributed by atoms with Crippen LogP contribution in [0.1, 0.15) is 23.2 Å². The summed E-state index contributed by atoms with van der Waals surface area (Å²) >= 11 is 0. The number of carbonyl (C=O) groups is 1. The van der Waals surface area contributed by atoms with Gasteiger partial charge in [-0.2, -0.15) is 0 Å². The Morgan fingerprint density at radius 1 is 1.31 bits per heavy atom. The molecule has 0 saturated heterocycles. The first-order valence-corrected chi connectivity index (χ1v) is 5.08. The standard InChI is InChI=1S/C11H13NO4/c13-7-4-6(5-7)12-11(16)8-2-1-3-9(14)10(8)15/h1-3,6-7,13-15H,4-5H2,(H,12,16). The summed E-state index contributed by atoms with van der Waals surface area (Å²) in [5, 5.41) is 30.4. The van der Waals surface area contributed by atoms with E-state index in [2.05, 4.69) is 5.32 Å². The Balaban J connectivity index is 2.06. The molecule has 0 unspecified atom stereocenters. The van der Waals surface area contributed by atoms with E-state index < -0.39 is 11.7 Å². The highest BCUT2D eigenvalue weighted by atomic mass is 16.3. The highest BCUT2D eigenvalue weighted by Gasteiger charge is 2.29. The molecule has 5 nitrogen and oxygen atoms in total. The molecular formula is C11H13NO4. The maximum atomic E-state index is 11.7. The van der Waals surface area contributed by atoms with Crippen LogP contribution < -0.4 is 5.32 Å². The number of aliphatic hydroxyl groups excluding tert-OH is 1. The van der Waals surface area contributed by atoms with Crippen molar-refractivity contribution in [2.45, 2.75) is 25.0 Å². The van der Waals surface area contributed by atoms with Gasteiger partial charge < -0.3 is 20.6 Å². The normalized spacial score (nSPS) is 23.6. The Kier molecular flexibility index (Phi) is 2.70. The van der Waals surface area contributed by atoms with Crippen LogP contribution >= 0.6 is 0 Å². The third kappa shape index (κ3) is 1.94. The van der Waals surface area contributed by atoms with E-state index in [4.69, 9.17) is 5.11 Å². The molecule has 1 aliphatic rings. The van der Waals surface area contributed by atoms with E-state index in [1.54, 1.807) is 0 Å². The molecule has 0 aromatic heterocycles. The van der Waals surface area contributed by atoms with E-state index in [-0.39, 0.29) is 23.5 Å². The number of phenolic OH excluding ortho intramolecular Hbond substituents is 2. The molecule has 0 bridgehead atoms. The minimum absolute atomic E-state index is 0.0430. The van der Waals surface area contributed by atoms with Gasteiger partial charge in [-0.25, -0.2) is 0 Å². The summed E-state index contributed by atoms with van der Waals surface area (Å²) in [5.74, 6) is -1.17. The van der Waals surface area contributed by atoms with Gasteiger partial charge in [-0.15, -0.1) is 0 Å². The average Bonchev–Trinajstić information content (AvgIpc) is 2.19. The first-order chi connectivity index (χ1) is 7.58. The molecular weight excluding hydrogens is 210 g/mol. The van der Waals surface area contributed by atoms with Crippen LogP contribution in [0, 0.1) is 0 Å². The van der Waals surface area contributed by atoms with E-state index in [0.717, 1.165) is 0 Å². The number of rotatable bonds is 2. The maximum Gasteiger partial charge on any atom is 0.255 e. The largest absolute Gasteiger partial charge is 0.504 e. The van der Waals surface area contributed by atoms with Crippen LogP contribution in [0.4, 0.5) is 0 Å². The van der Waals surface area contributed by atoms with Crippen molar-refractivity contribution in [3.05, 3.63) is 23.8 Å². The molecule has 4 N–H and O–H groups in total. The molecule has 1 saturated carbocycles. The quantitative estimate of drug-likeness (QED) is 0.545. The topological polar surface area (TPSA) is 89.8 Å². The lowest BCUT2D eigenvalue weighted by Crippen LogP contribution is -2.46. The second kappa shape index (κ2) is 4.02. The summed E-state index contributed by atoms with van der Waals surface area (Å²) in [4.78, 5) is 11.7. The number of hydrogen-bond acceptors (Lipinski definition) is 4. The number of para-hydroxylation sites is 1. The van der Waals surface area contributed by atoms with Crippen LogP contribution in [0.2, 0.25) is 0 Å². The van der Waals surface area contributed by atoms with Crippen molar-refractivity contribution in [3.8, 4) is 11.5 Å². The van der Waals surface area contributed by atoms with E-state index in [1.807, 2.05) is 0 Å². The van der Waals surface area contributed by atoms with Gasteiger partial charge in [0.1, 0.15) is 0 Å². The zero-order chi connectivity index (χ0) is 11.7. The van der Waals surface area contributed by atoms with Crippen molar-refractivity contribution in [3.63, 3.8) is 0 Å². The van der Waals surface area contributed by atoms with E-state index >= 15 is 0 Å². The third-order valence-corrected chi connectivity index (χ3v) is 2.71. The van der Waals surface area contributed by atoms with Crippen LogP contribution in [0.15, 0.2) is 18.2 Å². The second-order valence-corrected chi connectivity index (χ2v) is 3.97. The van der Waals surface area contributed by atoms with Gasteiger partial charge in [0.25, 0.3) is 5.91 Å². The number of aromatic hydroxyl groups is 2. The van der Waals surface area contributed by atoms with Crippen LogP contribution in [0.5, 0.6) is 11.5 Å². The number of nitrogens with one attached hydrogen (secondary N) is 1. The van der Waals surface area contributed by atoms with Crippen molar-refractivity contribution in [2.75, 3.05) is 0 Å². The van der Waals surface area contributed by atoms with Crippen LogP contribution in [-0.4, -0.2) is 33.4 Å². The van der Waals surface area contributed by atoms with Gasteiger partial charge in [-0.3, -0.25) is 4.79 Å². The molecule has 1 aliphatic carbocycles. The Morgan fingerprint density at radius 3 is 2.62 bits per heavy atom. The molecule has 1 fully saturated rings. The fourth-order valence-corrected chi connectivity index (χ4v) is 1.68. The zero-order valence-corrected chi connectivity index (χ0v) is 8.55. The molecule has 5 heteroatoms. The van der Waals surface area contributed by atoms with Gasteiger partial charge in [0.2, 0.25) is 0 Å². The van der Waals surface area contributed by atoms with E-state index in [9.17, 15) is 15.0 Å². The van der Waals surface area contributed by atoms with Crippen LogP contribution in [0.25, 0.3) is 0 Å². The van der Waals surface area contributed by atoms with Gasteiger partial charge in [-0.1, -0.05) is 6.07 Å². The maximum absolute atomic E-state index is 11.7. The summed E-state index contributed by atoms with van der Waals surface area (Å²) in [5.41, 5.74) is 0.0430. The Bertz CT molecular complexity index is 412. The molecule has 86 valence electrons. The molecule has 0 spiro atoms. The number of benzene rings is 1. The van der Waals surface area contributed by atoms with Crippen LogP contribution in [-0.2, 0) is 0 Å². The Hall–Kier alpha value is -1.75. The molecule has 1 amide bonds. The molecule has 0 heterocycles. The average molecular weight is 223 g/mol. The SMILES string of the molecule is O=C(NC1CC(O)C1)c1cccc(O)c1O. The van der Waals surface area contributed by atoms with Crippen molar-refractivity contribution < 1.29 is 20.1 Å². The minimum Gasteiger partial charge on any atom is -0.504 e. The summed E-state index contributed by atoms with van der Waals surface area (Å²) in [7, 11) is 0. The van der Waals surface area contributed by atoms with Gasteiger partial charge in [0.15, 0.2) is 11.5 Å². The zero-order valence-electron chi connectivity index (χ0n) is 8.55. The van der Waals surface area contributed by atoms with Crippen molar-refractivity contribution >= 4 is 5.91 Å². The predicted molar refractivity (Wildman–Crippen MR) is 56.3 cm³/mol. The lowest BCUT2D eigenvalue weighted by atomic mass is 9.89. The lowest BCUT2D eigenvalue weighted by Gasteiger charge is -2.31. The van der Waals surface area contributed by atoms with Gasteiger partial charge in [0.05, 0.1) is 11.7 Å². The van der Waals surface area contributed by atoms with Gasteiger partial charge in [0, 0.05) is 6.04 Å². The fraction of sp³-hybridized carbons (Fsp3) is 0.364. The highest BCUT2D eigenvalue weighted by molar-refractivity contribution is 5.97. The summed E-state index contributed by atoms with van der Waals surface area (Å²) in [6.07, 6.45) is 0.722. The highest BCUT2D eigenvalue weighted by Crippen LogP contribution is 2.28. The number of hydrogen-bond donors (Lipinski definition) is 4. The molecule has 1 aromatic rings. The van der Waals surface area contributed by atoms with E-state index in [1.165, 1.54) is 18.2 Å². The molecule has 1 aromatic carbocycles. The van der Waals surface area contributed by atoms with Gasteiger partial charge >= 0.3 is 0 Å². The van der Waals surface area contributed by atoms with Crippen LogP contribution in [0.3, 0.4) is 0 Å². The summed E-state index contributed by atoms with van der Waals surface area (Å²) in [6, 6.07) is 4.17. The molecule has 0 aliphatic heterocycles. The monoisotopic (exact) mass is 223 g/mol. The van der Waals surface area contributed by atoms with Crippen molar-refractivity contribution in [2.24, 2.45) is 0 Å². The first-order valence-electron chi connectivity index (χ1n) is 5.08. The van der Waals surface area contributed by atoms with E-state index in [0.29, 0.717) is 12.8 Å². The molecule has 0 atom stereocenters. The summed E-state index contributed by atoms with van der Waals surface area (Å²) < 4.78 is 0. The third-order valence-electron chi connectivity index (χ3n) is 2.71. The number of aliphatic hydroxyl groups is 1. The molecule has 2 rings (SSSR count). The molecule has 0 radical (unpaired) electrons. The number of phenols is 2. The number of amides is 1. The fourth-order valence-electron chi connectivity index (χ4n) is 1.68. The lowest BCUT2D eigenvalue weighted by molar-refractivity contribution is 0.0561. The van der Waals surface area contributed by atoms with Crippen molar-refractivity contribution in [1.29, 1.82) is 0 Å². The number of carbonyl (C=O) groups excluding carboxylic acids is 1. The Morgan fingerprint density at radius 2 is 2.00 bits per heavy atom. The second-order valence-electron chi connectivity index (χ2n) is 3.97. The first kappa shape index (κ1) is 10.8. The predicted octanol–water partition coefficient (Wildman–Crippen LogP) is 0.351. The van der Waals surface area contributed by atoms with Gasteiger partial charge in [-0.05, 0) is 25.0 Å². The Labute approximate surface area is 92.3 Å². The smallest absolute Gasteiger partial charge is 0.255 e. The van der Waals surface area contributed by atoms with Crippen molar-refractivity contribution in [1.82, 2.24) is 5.32 Å².